The maximum Gasteiger partial charge on any atom is 0.312 e. The number of benzene rings is 2. The van der Waals surface area contributed by atoms with E-state index in [1.807, 2.05) is 30.0 Å². The van der Waals surface area contributed by atoms with E-state index < -0.39 is 23.4 Å². The molecular weight excluding hydrogens is 526 g/mol. The number of hydrogen-bond acceptors (Lipinski definition) is 5. The average molecular weight is 557 g/mol. The molecule has 0 N–H and O–H groups in total. The Kier molecular flexibility index (Phi) is 5.96. The maximum absolute atomic E-state index is 15.4. The molecule has 210 valence electrons. The first kappa shape index (κ1) is 25.8. The molecule has 2 saturated carbocycles. The number of carbonyl (C=O) groups excluding carboxylic acids is 2. The third kappa shape index (κ3) is 4.29. The summed E-state index contributed by atoms with van der Waals surface area (Å²) in [6, 6.07) is 15.7. The van der Waals surface area contributed by atoms with Gasteiger partial charge >= 0.3 is 5.97 Å². The number of fused-ring (bicyclic) bond motifs is 2. The third-order valence-electron chi connectivity index (χ3n) is 8.71. The minimum atomic E-state index is -1.92. The fraction of sp³-hybridized carbons (Fsp3) is 0.375. The first-order chi connectivity index (χ1) is 19.8. The summed E-state index contributed by atoms with van der Waals surface area (Å²) in [4.78, 5) is 32.3. The van der Waals surface area contributed by atoms with Crippen molar-refractivity contribution in [3.63, 3.8) is 0 Å². The molecule has 1 unspecified atom stereocenters. The predicted octanol–water partition coefficient (Wildman–Crippen LogP) is 5.92. The maximum atomic E-state index is 15.4. The summed E-state index contributed by atoms with van der Waals surface area (Å²) in [5.74, 6) is -2.04. The van der Waals surface area contributed by atoms with E-state index in [2.05, 4.69) is 22.2 Å². The Hall–Kier alpha value is -4.14. The van der Waals surface area contributed by atoms with Crippen LogP contribution in [-0.2, 0) is 21.6 Å². The van der Waals surface area contributed by atoms with Gasteiger partial charge in [0.05, 0.1) is 24.3 Å². The van der Waals surface area contributed by atoms with Crippen LogP contribution in [0.2, 0.25) is 0 Å². The second-order valence-corrected chi connectivity index (χ2v) is 11.3. The molecule has 2 fully saturated rings. The van der Waals surface area contributed by atoms with Gasteiger partial charge in [-0.1, -0.05) is 30.3 Å². The highest BCUT2D eigenvalue weighted by Crippen LogP contribution is 2.56. The van der Waals surface area contributed by atoms with Crippen LogP contribution in [0.25, 0.3) is 16.9 Å². The third-order valence-corrected chi connectivity index (χ3v) is 8.71. The number of nitrogens with zero attached hydrogens (tertiary/aromatic N) is 4. The molecule has 3 aliphatic rings. The van der Waals surface area contributed by atoms with Crippen LogP contribution in [0.5, 0.6) is 0 Å². The van der Waals surface area contributed by atoms with E-state index in [1.54, 1.807) is 17.5 Å². The fourth-order valence-corrected chi connectivity index (χ4v) is 6.16. The van der Waals surface area contributed by atoms with Crippen LogP contribution in [0, 0.1) is 11.7 Å². The quantitative estimate of drug-likeness (QED) is 0.276. The van der Waals surface area contributed by atoms with Crippen LogP contribution in [0.15, 0.2) is 54.6 Å². The number of amides is 1. The Labute approximate surface area is 236 Å². The SMILES string of the molecule is CCOC(=O)C1C[C@@]1(F)c1ccc(-c2cc3nc(C(=O)N4CCc5ccccc5[C@H]4C)cc(C4CC4)n3n2)c(F)c1. The van der Waals surface area contributed by atoms with Gasteiger partial charge in [0.1, 0.15) is 17.2 Å². The molecule has 3 heterocycles. The molecule has 7 nitrogen and oxygen atoms in total. The van der Waals surface area contributed by atoms with Crippen molar-refractivity contribution in [1.82, 2.24) is 19.5 Å². The molecule has 2 aromatic heterocycles. The number of carbonyl (C=O) groups is 2. The number of aromatic nitrogens is 3. The van der Waals surface area contributed by atoms with Crippen molar-refractivity contribution in [3.8, 4) is 11.3 Å². The highest BCUT2D eigenvalue weighted by atomic mass is 19.1. The van der Waals surface area contributed by atoms with E-state index in [0.29, 0.717) is 23.6 Å². The van der Waals surface area contributed by atoms with Crippen molar-refractivity contribution in [2.75, 3.05) is 13.2 Å². The predicted molar refractivity (Wildman–Crippen MR) is 147 cm³/mol. The van der Waals surface area contributed by atoms with Gasteiger partial charge in [0.15, 0.2) is 5.65 Å². The molecule has 2 aromatic carbocycles. The van der Waals surface area contributed by atoms with Gasteiger partial charge in [-0.25, -0.2) is 18.3 Å². The summed E-state index contributed by atoms with van der Waals surface area (Å²) >= 11 is 0. The molecule has 1 amide bonds. The summed E-state index contributed by atoms with van der Waals surface area (Å²) in [6.45, 7) is 4.48. The van der Waals surface area contributed by atoms with Gasteiger partial charge in [0.2, 0.25) is 0 Å². The smallest absolute Gasteiger partial charge is 0.312 e. The normalized spacial score (nSPS) is 23.4. The van der Waals surface area contributed by atoms with Gasteiger partial charge in [-0.05, 0) is 68.0 Å². The van der Waals surface area contributed by atoms with E-state index in [4.69, 9.17) is 4.74 Å². The molecule has 4 aromatic rings. The van der Waals surface area contributed by atoms with Crippen molar-refractivity contribution in [1.29, 1.82) is 0 Å². The van der Waals surface area contributed by atoms with E-state index in [9.17, 15) is 9.59 Å². The van der Waals surface area contributed by atoms with Crippen LogP contribution in [0.1, 0.15) is 77.9 Å². The first-order valence-electron chi connectivity index (χ1n) is 14.2. The molecule has 0 radical (unpaired) electrons. The lowest BCUT2D eigenvalue weighted by Crippen LogP contribution is -2.39. The van der Waals surface area contributed by atoms with Gasteiger partial charge in [0, 0.05) is 36.2 Å². The highest BCUT2D eigenvalue weighted by molar-refractivity contribution is 5.93. The summed E-state index contributed by atoms with van der Waals surface area (Å²) < 4.78 is 37.4. The summed E-state index contributed by atoms with van der Waals surface area (Å²) in [5.41, 5.74) is 2.84. The van der Waals surface area contributed by atoms with E-state index in [1.165, 1.54) is 17.7 Å². The van der Waals surface area contributed by atoms with Crippen LogP contribution in [-0.4, -0.2) is 44.5 Å². The second-order valence-electron chi connectivity index (χ2n) is 11.3. The summed E-state index contributed by atoms with van der Waals surface area (Å²) in [7, 11) is 0. The Morgan fingerprint density at radius 3 is 2.68 bits per heavy atom. The highest BCUT2D eigenvalue weighted by Gasteiger charge is 2.62. The van der Waals surface area contributed by atoms with Crippen LogP contribution in [0.3, 0.4) is 0 Å². The summed E-state index contributed by atoms with van der Waals surface area (Å²) in [6.07, 6.45) is 2.74. The van der Waals surface area contributed by atoms with Gasteiger partial charge < -0.3 is 9.64 Å². The van der Waals surface area contributed by atoms with Crippen molar-refractivity contribution >= 4 is 17.5 Å². The lowest BCUT2D eigenvalue weighted by molar-refractivity contribution is -0.145. The summed E-state index contributed by atoms with van der Waals surface area (Å²) in [5, 5.41) is 4.66. The first-order valence-corrected chi connectivity index (χ1v) is 14.2. The minimum Gasteiger partial charge on any atom is -0.466 e. The number of hydrogen-bond donors (Lipinski definition) is 0. The molecule has 2 aliphatic carbocycles. The lowest BCUT2D eigenvalue weighted by Gasteiger charge is -2.35. The monoisotopic (exact) mass is 556 g/mol. The van der Waals surface area contributed by atoms with E-state index in [-0.39, 0.29) is 42.0 Å². The number of esters is 1. The Balaban J connectivity index is 1.21. The zero-order valence-corrected chi connectivity index (χ0v) is 22.9. The van der Waals surface area contributed by atoms with Gasteiger partial charge in [-0.15, -0.1) is 0 Å². The van der Waals surface area contributed by atoms with Crippen LogP contribution >= 0.6 is 0 Å². The zero-order chi connectivity index (χ0) is 28.5. The number of alkyl halides is 1. The van der Waals surface area contributed by atoms with Crippen LogP contribution < -0.4 is 0 Å². The second kappa shape index (κ2) is 9.46. The molecule has 9 heteroatoms. The Morgan fingerprint density at radius 2 is 1.93 bits per heavy atom. The van der Waals surface area contributed by atoms with Crippen molar-refractivity contribution in [2.45, 2.75) is 57.2 Å². The molecule has 3 atom stereocenters. The zero-order valence-electron chi connectivity index (χ0n) is 22.9. The van der Waals surface area contributed by atoms with E-state index >= 15 is 8.78 Å². The molecular formula is C32H30F2N4O3. The van der Waals surface area contributed by atoms with Gasteiger partial charge in [-0.3, -0.25) is 9.59 Å². The molecule has 0 bridgehead atoms. The molecule has 0 spiro atoms. The van der Waals surface area contributed by atoms with Crippen molar-refractivity contribution < 1.29 is 23.1 Å². The Bertz CT molecular complexity index is 1710. The number of rotatable bonds is 6. The van der Waals surface area contributed by atoms with Gasteiger partial charge in [0.25, 0.3) is 5.91 Å². The topological polar surface area (TPSA) is 76.8 Å². The number of halogens is 2. The fourth-order valence-electron chi connectivity index (χ4n) is 6.16. The lowest BCUT2D eigenvalue weighted by atomic mass is 9.93. The molecule has 1 aliphatic heterocycles. The molecule has 0 saturated heterocycles. The van der Waals surface area contributed by atoms with Crippen LogP contribution in [0.4, 0.5) is 8.78 Å². The molecule has 41 heavy (non-hydrogen) atoms. The Morgan fingerprint density at radius 1 is 1.12 bits per heavy atom. The minimum absolute atomic E-state index is 0.0221. The molecule has 7 rings (SSSR count). The van der Waals surface area contributed by atoms with Crippen molar-refractivity contribution in [3.05, 3.63) is 88.5 Å². The van der Waals surface area contributed by atoms with Gasteiger partial charge in [-0.2, -0.15) is 5.10 Å². The average Bonchev–Trinajstić information content (AvgIpc) is 3.89. The number of ether oxygens (including phenoxy) is 1. The standard InChI is InChI=1S/C32H30F2N4O3/c1-3-41-31(40)24-17-32(24,34)21-10-11-23(25(33)14-21)26-16-29-35-27(15-28(20-8-9-20)38(29)36-26)30(39)37-13-12-19-6-4-5-7-22(19)18(37)2/h4-7,10-11,14-16,18,20,24H,3,8-9,12-13,17H2,1-2H3/t18-,24?,32-/m1/s1. The largest absolute Gasteiger partial charge is 0.466 e. The van der Waals surface area contributed by atoms with E-state index in [0.717, 1.165) is 36.6 Å². The van der Waals surface area contributed by atoms with Crippen molar-refractivity contribution in [2.24, 2.45) is 5.92 Å².